The minimum atomic E-state index is -0.637. The van der Waals surface area contributed by atoms with Crippen molar-refractivity contribution in [3.05, 3.63) is 22.7 Å². The zero-order chi connectivity index (χ0) is 16.8. The van der Waals surface area contributed by atoms with Gasteiger partial charge in [0.15, 0.2) is 11.9 Å². The minimum Gasteiger partial charge on any atom is -0.478 e. The summed E-state index contributed by atoms with van der Waals surface area (Å²) in [7, 11) is 0. The molecule has 2 bridgehead atoms. The number of hydrogen-bond acceptors (Lipinski definition) is 4. The molecular weight excluding hydrogens is 365 g/mol. The molecule has 4 aliphatic rings. The van der Waals surface area contributed by atoms with Gasteiger partial charge in [0.2, 0.25) is 0 Å². The summed E-state index contributed by atoms with van der Waals surface area (Å²) >= 11 is 6.12. The van der Waals surface area contributed by atoms with E-state index in [-0.39, 0.29) is 30.3 Å². The van der Waals surface area contributed by atoms with E-state index in [0.717, 1.165) is 32.5 Å². The summed E-state index contributed by atoms with van der Waals surface area (Å²) in [4.78, 5) is 27.0. The number of carbonyl (C=O) groups excluding carboxylic acids is 2. The van der Waals surface area contributed by atoms with Gasteiger partial charge in [-0.2, -0.15) is 0 Å². The van der Waals surface area contributed by atoms with Crippen molar-refractivity contribution >= 4 is 41.5 Å². The molecule has 0 radical (unpaired) electrons. The molecule has 6 nitrogen and oxygen atoms in total. The van der Waals surface area contributed by atoms with Crippen molar-refractivity contribution in [2.45, 2.75) is 31.9 Å². The number of halogens is 2. The molecule has 0 aromatic heterocycles. The lowest BCUT2D eigenvalue weighted by molar-refractivity contribution is -0.122. The Morgan fingerprint density at radius 1 is 1.36 bits per heavy atom. The molecule has 0 spiro atoms. The number of amides is 2. The third kappa shape index (κ3) is 3.43. The van der Waals surface area contributed by atoms with Crippen LogP contribution in [0.3, 0.4) is 0 Å². The smallest absolute Gasteiger partial charge is 0.265 e. The summed E-state index contributed by atoms with van der Waals surface area (Å²) in [6.07, 6.45) is 1.62. The van der Waals surface area contributed by atoms with Crippen LogP contribution in [0.4, 0.5) is 5.69 Å². The zero-order valence-electron chi connectivity index (χ0n) is 13.9. The number of benzene rings is 1. The number of anilines is 1. The fourth-order valence-corrected chi connectivity index (χ4v) is 4.04. The first kappa shape index (κ1) is 18.3. The van der Waals surface area contributed by atoms with Crippen LogP contribution in [0.2, 0.25) is 5.02 Å². The molecular formula is C17H21Cl2N3O3. The van der Waals surface area contributed by atoms with Crippen LogP contribution >= 0.6 is 24.0 Å². The van der Waals surface area contributed by atoms with Gasteiger partial charge in [-0.1, -0.05) is 11.6 Å². The van der Waals surface area contributed by atoms with E-state index in [4.69, 9.17) is 16.3 Å². The second-order valence-electron chi connectivity index (χ2n) is 6.80. The quantitative estimate of drug-likeness (QED) is 0.819. The van der Waals surface area contributed by atoms with Crippen molar-refractivity contribution in [1.82, 2.24) is 10.2 Å². The predicted octanol–water partition coefficient (Wildman–Crippen LogP) is 2.31. The van der Waals surface area contributed by atoms with E-state index in [1.165, 1.54) is 0 Å². The molecule has 0 saturated carbocycles. The number of rotatable bonds is 2. The van der Waals surface area contributed by atoms with Crippen molar-refractivity contribution in [1.29, 1.82) is 0 Å². The first-order valence-corrected chi connectivity index (χ1v) is 8.73. The largest absolute Gasteiger partial charge is 0.478 e. The summed E-state index contributed by atoms with van der Waals surface area (Å²) < 4.78 is 5.66. The lowest BCUT2D eigenvalue weighted by Crippen LogP contribution is -2.57. The Morgan fingerprint density at radius 2 is 2.08 bits per heavy atom. The third-order valence-corrected chi connectivity index (χ3v) is 5.41. The van der Waals surface area contributed by atoms with Gasteiger partial charge in [-0.25, -0.2) is 0 Å². The van der Waals surface area contributed by atoms with Gasteiger partial charge >= 0.3 is 0 Å². The fraction of sp³-hybridized carbons (Fsp3) is 0.529. The van der Waals surface area contributed by atoms with Crippen LogP contribution in [0.5, 0.6) is 5.75 Å². The second-order valence-corrected chi connectivity index (χ2v) is 7.23. The topological polar surface area (TPSA) is 70.7 Å². The van der Waals surface area contributed by atoms with Crippen molar-refractivity contribution in [3.8, 4) is 5.75 Å². The molecule has 4 aliphatic heterocycles. The molecule has 4 heterocycles. The van der Waals surface area contributed by atoms with E-state index < -0.39 is 6.10 Å². The van der Waals surface area contributed by atoms with Crippen LogP contribution in [0.15, 0.2) is 12.1 Å². The van der Waals surface area contributed by atoms with Gasteiger partial charge < -0.3 is 20.3 Å². The van der Waals surface area contributed by atoms with Crippen molar-refractivity contribution < 1.29 is 14.3 Å². The number of piperidine rings is 3. The highest BCUT2D eigenvalue weighted by atomic mass is 35.5. The van der Waals surface area contributed by atoms with E-state index in [1.54, 1.807) is 19.1 Å². The highest BCUT2D eigenvalue weighted by Gasteiger charge is 2.36. The van der Waals surface area contributed by atoms with Crippen molar-refractivity contribution in [2.75, 3.05) is 25.0 Å². The minimum absolute atomic E-state index is 0. The second kappa shape index (κ2) is 7.02. The van der Waals surface area contributed by atoms with Crippen LogP contribution in [-0.4, -0.2) is 48.5 Å². The van der Waals surface area contributed by atoms with Gasteiger partial charge in [-0.3, -0.25) is 9.59 Å². The van der Waals surface area contributed by atoms with Crippen LogP contribution < -0.4 is 15.4 Å². The van der Waals surface area contributed by atoms with Crippen LogP contribution in [0.1, 0.15) is 30.1 Å². The Balaban J connectivity index is 0.00000182. The average Bonchev–Trinajstić information content (AvgIpc) is 2.57. The lowest BCUT2D eigenvalue weighted by Gasteiger charge is -2.45. The predicted molar refractivity (Wildman–Crippen MR) is 97.8 cm³/mol. The van der Waals surface area contributed by atoms with Crippen LogP contribution in [0, 0.1) is 5.92 Å². The summed E-state index contributed by atoms with van der Waals surface area (Å²) in [5, 5.41) is 6.27. The third-order valence-electron chi connectivity index (χ3n) is 5.19. The Morgan fingerprint density at radius 3 is 2.72 bits per heavy atom. The standard InChI is InChI=1S/C17H20ClN3O3.ClH/c1-9-16(22)19-13-7-11(18)6-12(15(13)24-9)17(23)20-14-8-21-4-2-10(14)3-5-21;/h6-7,9-10,14H,2-5,8H2,1H3,(H,19,22)(H,20,23);1H. The molecule has 136 valence electrons. The fourth-order valence-electron chi connectivity index (χ4n) is 3.82. The maximum Gasteiger partial charge on any atom is 0.265 e. The van der Waals surface area contributed by atoms with Gasteiger partial charge in [0.05, 0.1) is 11.3 Å². The molecule has 0 aliphatic carbocycles. The maximum atomic E-state index is 12.8. The molecule has 25 heavy (non-hydrogen) atoms. The van der Waals surface area contributed by atoms with Crippen molar-refractivity contribution in [2.24, 2.45) is 5.92 Å². The number of carbonyl (C=O) groups is 2. The first-order chi connectivity index (χ1) is 11.5. The number of nitrogens with zero attached hydrogens (tertiary/aromatic N) is 1. The van der Waals surface area contributed by atoms with E-state index in [2.05, 4.69) is 15.5 Å². The molecule has 1 aromatic rings. The number of nitrogens with one attached hydrogen (secondary N) is 2. The van der Waals surface area contributed by atoms with Crippen molar-refractivity contribution in [3.63, 3.8) is 0 Å². The maximum absolute atomic E-state index is 12.8. The monoisotopic (exact) mass is 385 g/mol. The summed E-state index contributed by atoms with van der Waals surface area (Å²) in [5.41, 5.74) is 0.825. The zero-order valence-corrected chi connectivity index (χ0v) is 15.5. The number of ether oxygens (including phenoxy) is 1. The van der Waals surface area contributed by atoms with Gasteiger partial charge in [-0.15, -0.1) is 12.4 Å². The van der Waals surface area contributed by atoms with E-state index in [1.807, 2.05) is 0 Å². The highest BCUT2D eigenvalue weighted by molar-refractivity contribution is 6.31. The lowest BCUT2D eigenvalue weighted by atomic mass is 9.84. The first-order valence-electron chi connectivity index (χ1n) is 8.35. The van der Waals surface area contributed by atoms with E-state index in [9.17, 15) is 9.59 Å². The normalized spacial score (nSPS) is 29.8. The van der Waals surface area contributed by atoms with E-state index >= 15 is 0 Å². The summed E-state index contributed by atoms with van der Waals surface area (Å²) in [5.74, 6) is 0.489. The molecule has 3 fully saturated rings. The molecule has 8 heteroatoms. The molecule has 2 N–H and O–H groups in total. The molecule has 1 aromatic carbocycles. The molecule has 2 amide bonds. The average molecular weight is 386 g/mol. The number of fused-ring (bicyclic) bond motifs is 4. The Bertz CT molecular complexity index is 705. The van der Waals surface area contributed by atoms with Crippen LogP contribution in [0.25, 0.3) is 0 Å². The highest BCUT2D eigenvalue weighted by Crippen LogP contribution is 2.37. The molecule has 2 atom stereocenters. The summed E-state index contributed by atoms with van der Waals surface area (Å²) in [6, 6.07) is 3.36. The van der Waals surface area contributed by atoms with Gasteiger partial charge in [-0.05, 0) is 50.9 Å². The SMILES string of the molecule is CC1Oc2c(cc(Cl)cc2C(=O)NC2CN3CCC2CC3)NC1=O.Cl. The Labute approximate surface area is 157 Å². The number of hydrogen-bond donors (Lipinski definition) is 2. The molecule has 3 saturated heterocycles. The molecule has 5 rings (SSSR count). The van der Waals surface area contributed by atoms with Gasteiger partial charge in [0, 0.05) is 17.6 Å². The Hall–Kier alpha value is -1.50. The summed E-state index contributed by atoms with van der Waals surface area (Å²) in [6.45, 7) is 4.79. The Kier molecular flexibility index (Phi) is 5.14. The van der Waals surface area contributed by atoms with Gasteiger partial charge in [0.25, 0.3) is 11.8 Å². The van der Waals surface area contributed by atoms with Gasteiger partial charge in [0.1, 0.15) is 0 Å². The molecule has 2 unspecified atom stereocenters. The van der Waals surface area contributed by atoms with E-state index in [0.29, 0.717) is 27.9 Å². The van der Waals surface area contributed by atoms with Crippen LogP contribution in [-0.2, 0) is 4.79 Å².